The van der Waals surface area contributed by atoms with Gasteiger partial charge in [0, 0.05) is 37.3 Å². The Morgan fingerprint density at radius 3 is 2.30 bits per heavy atom. The van der Waals surface area contributed by atoms with E-state index in [0.717, 1.165) is 64.2 Å². The van der Waals surface area contributed by atoms with Gasteiger partial charge in [-0.3, -0.25) is 4.90 Å². The Labute approximate surface area is 192 Å². The fourth-order valence-electron chi connectivity index (χ4n) is 6.11. The molecule has 0 spiro atoms. The maximum atomic E-state index is 14.0. The summed E-state index contributed by atoms with van der Waals surface area (Å²) in [4.78, 5) is 2.46. The van der Waals surface area contributed by atoms with Gasteiger partial charge in [-0.25, -0.2) is 13.2 Å². The van der Waals surface area contributed by atoms with E-state index in [0.29, 0.717) is 23.7 Å². The molecule has 2 heterocycles. The predicted molar refractivity (Wildman–Crippen MR) is 120 cm³/mol. The van der Waals surface area contributed by atoms with Crippen molar-refractivity contribution in [1.29, 1.82) is 0 Å². The highest BCUT2D eigenvalue weighted by Crippen LogP contribution is 2.40. The summed E-state index contributed by atoms with van der Waals surface area (Å²) >= 11 is 0. The molecule has 1 unspecified atom stereocenters. The highest BCUT2D eigenvalue weighted by atomic mass is 19.2. The third-order valence-corrected chi connectivity index (χ3v) is 7.66. The number of likely N-dealkylation sites (tertiary alicyclic amines) is 1. The van der Waals surface area contributed by atoms with Crippen LogP contribution in [0.25, 0.3) is 11.3 Å². The predicted octanol–water partition coefficient (Wildman–Crippen LogP) is 4.77. The van der Waals surface area contributed by atoms with E-state index in [9.17, 15) is 18.3 Å². The second kappa shape index (κ2) is 9.22. The zero-order valence-electron chi connectivity index (χ0n) is 18.7. The van der Waals surface area contributed by atoms with Crippen LogP contribution in [0, 0.1) is 29.3 Å². The quantitative estimate of drug-likeness (QED) is 0.497. The summed E-state index contributed by atoms with van der Waals surface area (Å²) in [5, 5.41) is 22.5. The smallest absolute Gasteiger partial charge is 0.168 e. The summed E-state index contributed by atoms with van der Waals surface area (Å²) in [6.45, 7) is 2.85. The third kappa shape index (κ3) is 5.01. The van der Waals surface area contributed by atoms with Crippen LogP contribution in [0.3, 0.4) is 0 Å². The second-order valence-electron chi connectivity index (χ2n) is 10.2. The molecule has 1 aromatic carbocycles. The topological polar surface area (TPSA) is 61.3 Å². The molecule has 0 bridgehead atoms. The number of fused-ring (bicyclic) bond motifs is 1. The van der Waals surface area contributed by atoms with Gasteiger partial charge in [0.1, 0.15) is 11.6 Å². The normalized spacial score (nSPS) is 27.3. The summed E-state index contributed by atoms with van der Waals surface area (Å²) in [7, 11) is 0. The number of hydrogen-bond donors (Lipinski definition) is 2. The van der Waals surface area contributed by atoms with Gasteiger partial charge in [-0.1, -0.05) is 25.7 Å². The van der Waals surface area contributed by atoms with Gasteiger partial charge in [0.15, 0.2) is 11.6 Å². The Kier molecular flexibility index (Phi) is 6.31. The Balaban J connectivity index is 1.16. The Hall–Kier alpha value is -2.19. The van der Waals surface area contributed by atoms with Crippen molar-refractivity contribution in [3.05, 3.63) is 41.7 Å². The molecule has 3 atom stereocenters. The molecule has 1 saturated heterocycles. The van der Waals surface area contributed by atoms with Gasteiger partial charge >= 0.3 is 0 Å². The van der Waals surface area contributed by atoms with E-state index in [1.165, 1.54) is 18.9 Å². The number of β-amino-alcohol motifs (C(OH)–C–C–N with tert-alkyl or cyclic N) is 1. The number of hydrogen-bond acceptors (Lipinski definition) is 5. The van der Waals surface area contributed by atoms with E-state index in [-0.39, 0.29) is 17.3 Å². The average molecular weight is 461 g/mol. The Bertz CT molecular complexity index is 964. The summed E-state index contributed by atoms with van der Waals surface area (Å²) < 4.78 is 41.0. The molecular formula is C25H31F3N4O. The van der Waals surface area contributed by atoms with Gasteiger partial charge in [0.05, 0.1) is 11.3 Å². The van der Waals surface area contributed by atoms with E-state index in [1.54, 1.807) is 6.07 Å². The first-order valence-corrected chi connectivity index (χ1v) is 12.1. The first kappa shape index (κ1) is 22.6. The summed E-state index contributed by atoms with van der Waals surface area (Å²) in [6.07, 6.45) is 8.64. The molecule has 1 aromatic heterocycles. The number of rotatable bonds is 5. The molecule has 33 heavy (non-hydrogen) atoms. The number of benzene rings is 1. The van der Waals surface area contributed by atoms with Gasteiger partial charge in [-0.15, -0.1) is 10.2 Å². The molecule has 3 fully saturated rings. The van der Waals surface area contributed by atoms with Crippen LogP contribution in [-0.4, -0.2) is 51.5 Å². The number of nitrogens with zero attached hydrogens (tertiary/aromatic N) is 3. The van der Waals surface area contributed by atoms with Crippen LogP contribution in [-0.2, 0) is 0 Å². The van der Waals surface area contributed by atoms with E-state index >= 15 is 0 Å². The molecule has 2 aliphatic carbocycles. The molecule has 2 aromatic rings. The van der Waals surface area contributed by atoms with E-state index in [4.69, 9.17) is 0 Å². The van der Waals surface area contributed by atoms with Crippen molar-refractivity contribution in [2.45, 2.75) is 63.0 Å². The Morgan fingerprint density at radius 2 is 1.67 bits per heavy atom. The third-order valence-electron chi connectivity index (χ3n) is 7.66. The van der Waals surface area contributed by atoms with Crippen LogP contribution < -0.4 is 5.32 Å². The maximum Gasteiger partial charge on any atom is 0.168 e. The minimum atomic E-state index is -1.24. The minimum absolute atomic E-state index is 0.0897. The standard InChI is InChI=1S/C25H31F3N4O/c26-18-11-20(24(28)21(27)12-18)22-5-6-23(31-30-22)29-19-9-16-13-32(14-17(16)10-19)15-25(33)7-3-1-2-4-8-25/h5-6,11-12,16-17,19,33H,1-4,7-10,13-15H2,(H,29,31)/t16-,17+,19?. The number of anilines is 1. The lowest BCUT2D eigenvalue weighted by molar-refractivity contribution is -0.00559. The van der Waals surface area contributed by atoms with E-state index < -0.39 is 23.1 Å². The lowest BCUT2D eigenvalue weighted by Gasteiger charge is -2.32. The average Bonchev–Trinajstić information content (AvgIpc) is 3.22. The van der Waals surface area contributed by atoms with Crippen molar-refractivity contribution < 1.29 is 18.3 Å². The number of aliphatic hydroxyl groups is 1. The number of aromatic nitrogens is 2. The fourth-order valence-corrected chi connectivity index (χ4v) is 6.11. The molecule has 178 valence electrons. The van der Waals surface area contributed by atoms with Crippen molar-refractivity contribution in [2.75, 3.05) is 25.0 Å². The highest BCUT2D eigenvalue weighted by molar-refractivity contribution is 5.60. The van der Waals surface area contributed by atoms with Crippen LogP contribution in [0.2, 0.25) is 0 Å². The van der Waals surface area contributed by atoms with Crippen LogP contribution in [0.1, 0.15) is 51.4 Å². The van der Waals surface area contributed by atoms with E-state index in [1.807, 2.05) is 0 Å². The lowest BCUT2D eigenvalue weighted by Crippen LogP contribution is -2.42. The van der Waals surface area contributed by atoms with Crippen LogP contribution in [0.15, 0.2) is 24.3 Å². The van der Waals surface area contributed by atoms with Gasteiger partial charge in [-0.2, -0.15) is 0 Å². The molecule has 8 heteroatoms. The van der Waals surface area contributed by atoms with Crippen molar-refractivity contribution in [2.24, 2.45) is 11.8 Å². The highest BCUT2D eigenvalue weighted by Gasteiger charge is 2.43. The monoisotopic (exact) mass is 460 g/mol. The molecule has 5 nitrogen and oxygen atoms in total. The molecule has 2 N–H and O–H groups in total. The summed E-state index contributed by atoms with van der Waals surface area (Å²) in [6, 6.07) is 4.92. The van der Waals surface area contributed by atoms with Crippen LogP contribution >= 0.6 is 0 Å². The lowest BCUT2D eigenvalue weighted by atomic mass is 9.94. The SMILES string of the molecule is OC1(CN2C[C@H]3CC(Nc4ccc(-c5cc(F)cc(F)c5F)nn4)C[C@H]3C2)CCCCCC1. The van der Waals surface area contributed by atoms with Crippen LogP contribution in [0.5, 0.6) is 0 Å². The van der Waals surface area contributed by atoms with Crippen molar-refractivity contribution in [1.82, 2.24) is 15.1 Å². The molecule has 2 saturated carbocycles. The van der Waals surface area contributed by atoms with Crippen molar-refractivity contribution in [3.63, 3.8) is 0 Å². The van der Waals surface area contributed by atoms with Gasteiger partial charge in [0.2, 0.25) is 0 Å². The minimum Gasteiger partial charge on any atom is -0.389 e. The Morgan fingerprint density at radius 1 is 0.970 bits per heavy atom. The molecule has 5 rings (SSSR count). The van der Waals surface area contributed by atoms with Gasteiger partial charge in [0.25, 0.3) is 0 Å². The second-order valence-corrected chi connectivity index (χ2v) is 10.2. The van der Waals surface area contributed by atoms with Crippen molar-refractivity contribution >= 4 is 5.82 Å². The molecule has 3 aliphatic rings. The summed E-state index contributed by atoms with van der Waals surface area (Å²) in [5.41, 5.74) is -0.669. The molecular weight excluding hydrogens is 429 g/mol. The number of halogens is 3. The maximum absolute atomic E-state index is 14.0. The van der Waals surface area contributed by atoms with Crippen LogP contribution in [0.4, 0.5) is 19.0 Å². The van der Waals surface area contributed by atoms with Gasteiger partial charge in [-0.05, 0) is 55.7 Å². The first-order valence-electron chi connectivity index (χ1n) is 12.1. The molecule has 0 amide bonds. The zero-order valence-corrected chi connectivity index (χ0v) is 18.7. The first-order chi connectivity index (χ1) is 15.9. The molecule has 1 aliphatic heterocycles. The number of nitrogens with one attached hydrogen (secondary N) is 1. The zero-order chi connectivity index (χ0) is 23.0. The van der Waals surface area contributed by atoms with Crippen molar-refractivity contribution in [3.8, 4) is 11.3 Å². The molecule has 0 radical (unpaired) electrons. The fraction of sp³-hybridized carbons (Fsp3) is 0.600. The van der Waals surface area contributed by atoms with Gasteiger partial charge < -0.3 is 10.4 Å². The largest absolute Gasteiger partial charge is 0.389 e. The van der Waals surface area contributed by atoms with E-state index in [2.05, 4.69) is 20.4 Å². The summed E-state index contributed by atoms with van der Waals surface area (Å²) in [5.74, 6) is -1.45.